The molecule has 0 radical (unpaired) electrons. The van der Waals surface area contributed by atoms with Gasteiger partial charge in [-0.1, -0.05) is 26.0 Å². The average molecular weight is 414 g/mol. The number of fused-ring (bicyclic) bond motifs is 1. The topological polar surface area (TPSA) is 66.5 Å². The molecule has 1 aromatic carbocycles. The summed E-state index contributed by atoms with van der Waals surface area (Å²) in [6.45, 7) is 6.00. The van der Waals surface area contributed by atoms with Crippen LogP contribution in [0.4, 0.5) is 20.2 Å². The van der Waals surface area contributed by atoms with Crippen LogP contribution in [0, 0.1) is 5.41 Å². The second kappa shape index (κ2) is 8.05. The van der Waals surface area contributed by atoms with Crippen molar-refractivity contribution in [3.05, 3.63) is 48.3 Å². The zero-order valence-electron chi connectivity index (χ0n) is 18.1. The van der Waals surface area contributed by atoms with Crippen molar-refractivity contribution in [3.8, 4) is 11.3 Å². The Morgan fingerprint density at radius 2 is 2.03 bits per heavy atom. The molecule has 0 spiro atoms. The van der Waals surface area contributed by atoms with Crippen molar-refractivity contribution in [1.29, 1.82) is 0 Å². The predicted molar refractivity (Wildman–Crippen MR) is 121 cm³/mol. The highest BCUT2D eigenvalue weighted by molar-refractivity contribution is 6.11. The van der Waals surface area contributed by atoms with Crippen LogP contribution in [0.3, 0.4) is 0 Å². The number of benzene rings is 1. The van der Waals surface area contributed by atoms with E-state index in [0.29, 0.717) is 5.57 Å². The number of allylic oxidation sites excluding steroid dienone is 1. The summed E-state index contributed by atoms with van der Waals surface area (Å²) < 4.78 is 27.5. The third-order valence-corrected chi connectivity index (χ3v) is 5.80. The molecule has 1 atom stereocenters. The summed E-state index contributed by atoms with van der Waals surface area (Å²) in [5.41, 5.74) is 9.90. The molecular formula is C23H29F2N5. The first kappa shape index (κ1) is 21.7. The molecule has 1 aliphatic heterocycles. The summed E-state index contributed by atoms with van der Waals surface area (Å²) in [6.07, 6.45) is 4.92. The SMILES string of the molecule is CC1Nc2cc(-c3ncccc3C(C=NCC(C)(C)C(C)(F)F)=CN)ccc2N1C. The maximum Gasteiger partial charge on any atom is 0.252 e. The standard InChI is InChI=1S/C23H29F2N5/c1-15-29-19-11-16(8-9-20(19)30(15)5)21-18(7-6-10-28-21)17(12-26)13-27-14-22(2,3)23(4,24)25/h6-13,15,29H,14,26H2,1-5H3. The maximum atomic E-state index is 13.7. The third kappa shape index (κ3) is 4.15. The third-order valence-electron chi connectivity index (χ3n) is 5.80. The van der Waals surface area contributed by atoms with Crippen LogP contribution in [-0.2, 0) is 0 Å². The quantitative estimate of drug-likeness (QED) is 0.654. The molecule has 0 saturated heterocycles. The van der Waals surface area contributed by atoms with Gasteiger partial charge in [-0.15, -0.1) is 0 Å². The monoisotopic (exact) mass is 413 g/mol. The molecular weight excluding hydrogens is 384 g/mol. The second-order valence-corrected chi connectivity index (χ2v) is 8.43. The highest BCUT2D eigenvalue weighted by Gasteiger charge is 2.41. The summed E-state index contributed by atoms with van der Waals surface area (Å²) in [6, 6.07) is 9.87. The number of hydrogen-bond donors (Lipinski definition) is 2. The summed E-state index contributed by atoms with van der Waals surface area (Å²) in [4.78, 5) is 11.0. The molecule has 0 saturated carbocycles. The van der Waals surface area contributed by atoms with E-state index in [1.54, 1.807) is 12.4 Å². The van der Waals surface area contributed by atoms with E-state index in [9.17, 15) is 8.78 Å². The second-order valence-electron chi connectivity index (χ2n) is 8.43. The van der Waals surface area contributed by atoms with Crippen LogP contribution in [0.15, 0.2) is 47.7 Å². The molecule has 1 aliphatic rings. The molecule has 1 aromatic heterocycles. The van der Waals surface area contributed by atoms with Crippen molar-refractivity contribution in [2.45, 2.75) is 39.8 Å². The van der Waals surface area contributed by atoms with Crippen molar-refractivity contribution in [3.63, 3.8) is 0 Å². The van der Waals surface area contributed by atoms with Gasteiger partial charge >= 0.3 is 0 Å². The Bertz CT molecular complexity index is 976. The Hall–Kier alpha value is -2.96. The Labute approximate surface area is 176 Å². The summed E-state index contributed by atoms with van der Waals surface area (Å²) in [7, 11) is 2.04. The van der Waals surface area contributed by atoms with Crippen molar-refractivity contribution < 1.29 is 8.78 Å². The number of pyridine rings is 1. The molecule has 3 N–H and O–H groups in total. The van der Waals surface area contributed by atoms with Gasteiger partial charge in [0, 0.05) is 54.3 Å². The van der Waals surface area contributed by atoms with Crippen LogP contribution < -0.4 is 16.0 Å². The number of aliphatic imine (C=N–C) groups is 1. The molecule has 5 nitrogen and oxygen atoms in total. The number of aromatic nitrogens is 1. The molecule has 0 aliphatic carbocycles. The van der Waals surface area contributed by atoms with Gasteiger partial charge in [-0.05, 0) is 32.0 Å². The van der Waals surface area contributed by atoms with Crippen LogP contribution in [0.5, 0.6) is 0 Å². The number of nitrogens with zero attached hydrogens (tertiary/aromatic N) is 3. The lowest BCUT2D eigenvalue weighted by Gasteiger charge is -2.29. The van der Waals surface area contributed by atoms with Gasteiger partial charge in [-0.2, -0.15) is 0 Å². The minimum Gasteiger partial charge on any atom is -0.404 e. The highest BCUT2D eigenvalue weighted by Crippen LogP contribution is 2.38. The van der Waals surface area contributed by atoms with Crippen molar-refractivity contribution in [2.24, 2.45) is 16.1 Å². The number of hydrogen-bond acceptors (Lipinski definition) is 5. The molecule has 160 valence electrons. The number of halogens is 2. The highest BCUT2D eigenvalue weighted by atomic mass is 19.3. The zero-order chi connectivity index (χ0) is 22.1. The largest absolute Gasteiger partial charge is 0.404 e. The van der Waals surface area contributed by atoms with E-state index < -0.39 is 11.3 Å². The maximum absolute atomic E-state index is 13.7. The van der Waals surface area contributed by atoms with Crippen LogP contribution >= 0.6 is 0 Å². The molecule has 1 unspecified atom stereocenters. The van der Waals surface area contributed by atoms with E-state index in [2.05, 4.69) is 39.2 Å². The fraction of sp³-hybridized carbons (Fsp3) is 0.391. The Morgan fingerprint density at radius 1 is 1.30 bits per heavy atom. The van der Waals surface area contributed by atoms with Gasteiger partial charge < -0.3 is 16.0 Å². The first-order valence-corrected chi connectivity index (χ1v) is 9.94. The first-order chi connectivity index (χ1) is 14.0. The molecule has 2 heterocycles. The fourth-order valence-electron chi connectivity index (χ4n) is 3.22. The molecule has 30 heavy (non-hydrogen) atoms. The van der Waals surface area contributed by atoms with E-state index in [1.165, 1.54) is 20.0 Å². The number of anilines is 2. The number of nitrogens with two attached hydrogens (primary N) is 1. The average Bonchev–Trinajstić information content (AvgIpc) is 2.97. The normalized spacial score (nSPS) is 17.4. The Morgan fingerprint density at radius 3 is 2.70 bits per heavy atom. The van der Waals surface area contributed by atoms with Crippen LogP contribution in [0.25, 0.3) is 16.8 Å². The van der Waals surface area contributed by atoms with E-state index in [0.717, 1.165) is 35.1 Å². The number of nitrogens with one attached hydrogen (secondary N) is 1. The van der Waals surface area contributed by atoms with Crippen LogP contribution in [-0.4, -0.2) is 36.9 Å². The molecule has 2 aromatic rings. The molecule has 3 rings (SSSR count). The molecule has 0 amide bonds. The lowest BCUT2D eigenvalue weighted by atomic mass is 9.87. The van der Waals surface area contributed by atoms with Gasteiger partial charge in [0.2, 0.25) is 0 Å². The molecule has 7 heteroatoms. The van der Waals surface area contributed by atoms with Gasteiger partial charge in [0.15, 0.2) is 0 Å². The number of rotatable bonds is 6. The van der Waals surface area contributed by atoms with Crippen molar-refractivity contribution in [2.75, 3.05) is 23.8 Å². The van der Waals surface area contributed by atoms with E-state index in [1.807, 2.05) is 25.2 Å². The molecule has 0 bridgehead atoms. The van der Waals surface area contributed by atoms with E-state index in [-0.39, 0.29) is 12.7 Å². The summed E-state index contributed by atoms with van der Waals surface area (Å²) in [5, 5.41) is 3.45. The van der Waals surface area contributed by atoms with Crippen molar-refractivity contribution >= 4 is 23.2 Å². The number of alkyl halides is 2. The Balaban J connectivity index is 1.92. The first-order valence-electron chi connectivity index (χ1n) is 9.94. The van der Waals surface area contributed by atoms with Gasteiger partial charge in [-0.25, -0.2) is 8.78 Å². The van der Waals surface area contributed by atoms with E-state index in [4.69, 9.17) is 5.73 Å². The lowest BCUT2D eigenvalue weighted by molar-refractivity contribution is -0.0828. The zero-order valence-corrected chi connectivity index (χ0v) is 18.1. The van der Waals surface area contributed by atoms with Crippen molar-refractivity contribution in [1.82, 2.24) is 4.98 Å². The molecule has 0 fully saturated rings. The smallest absolute Gasteiger partial charge is 0.252 e. The van der Waals surface area contributed by atoms with E-state index >= 15 is 0 Å². The minimum atomic E-state index is -2.84. The fourth-order valence-corrected chi connectivity index (χ4v) is 3.22. The van der Waals surface area contributed by atoms with Crippen LogP contribution in [0.2, 0.25) is 0 Å². The van der Waals surface area contributed by atoms with Crippen LogP contribution in [0.1, 0.15) is 33.3 Å². The summed E-state index contributed by atoms with van der Waals surface area (Å²) >= 11 is 0. The predicted octanol–water partition coefficient (Wildman–Crippen LogP) is 5.01. The van der Waals surface area contributed by atoms with Gasteiger partial charge in [-0.3, -0.25) is 9.98 Å². The van der Waals surface area contributed by atoms with Gasteiger partial charge in [0.05, 0.1) is 23.2 Å². The van der Waals surface area contributed by atoms with Gasteiger partial charge in [0.25, 0.3) is 5.92 Å². The van der Waals surface area contributed by atoms with Gasteiger partial charge in [0.1, 0.15) is 0 Å². The minimum absolute atomic E-state index is 0.0174. The lowest BCUT2D eigenvalue weighted by Crippen LogP contribution is -2.36. The Kier molecular flexibility index (Phi) is 5.83. The summed E-state index contributed by atoms with van der Waals surface area (Å²) in [5.74, 6) is -2.84.